The number of benzene rings is 2. The maximum absolute atomic E-state index is 6.56. The van der Waals surface area contributed by atoms with Gasteiger partial charge in [0.1, 0.15) is 11.3 Å². The Kier molecular flexibility index (Phi) is 3.65. The Balaban J connectivity index is 1.71. The van der Waals surface area contributed by atoms with Crippen LogP contribution in [-0.2, 0) is 5.72 Å². The van der Waals surface area contributed by atoms with E-state index in [2.05, 4.69) is 41.2 Å². The predicted molar refractivity (Wildman–Crippen MR) is 112 cm³/mol. The van der Waals surface area contributed by atoms with Crippen molar-refractivity contribution in [2.24, 2.45) is 0 Å². The molecule has 1 atom stereocenters. The molecule has 2 aliphatic rings. The molecule has 3 aromatic rings. The molecule has 0 amide bonds. The molecule has 0 fully saturated rings. The molecule has 2 aliphatic heterocycles. The van der Waals surface area contributed by atoms with Crippen molar-refractivity contribution >= 4 is 21.6 Å². The number of hydrogen-bond donors (Lipinski definition) is 1. The summed E-state index contributed by atoms with van der Waals surface area (Å²) in [4.78, 5) is 0. The van der Waals surface area contributed by atoms with Crippen LogP contribution in [-0.4, -0.2) is 9.78 Å². The summed E-state index contributed by atoms with van der Waals surface area (Å²) in [6, 6.07) is 12.1. The minimum atomic E-state index is -0.847. The van der Waals surface area contributed by atoms with Gasteiger partial charge in [0.25, 0.3) is 0 Å². The molecule has 1 spiro atoms. The van der Waals surface area contributed by atoms with Gasteiger partial charge in [0, 0.05) is 6.08 Å². The Morgan fingerprint density at radius 1 is 1.11 bits per heavy atom. The SMILES string of the molecule is CC1=C[C@]2(Nc3cc(C)c(C)c(Br)c3O2)c2c(C)nn(-c3ccccc3)c2O1. The lowest BCUT2D eigenvalue weighted by Crippen LogP contribution is -2.38. The van der Waals surface area contributed by atoms with Gasteiger partial charge in [-0.15, -0.1) is 0 Å². The summed E-state index contributed by atoms with van der Waals surface area (Å²) in [7, 11) is 0. The van der Waals surface area contributed by atoms with E-state index in [4.69, 9.17) is 14.6 Å². The second-order valence-electron chi connectivity index (χ2n) is 7.34. The number of nitrogens with zero attached hydrogens (tertiary/aromatic N) is 2. The third-order valence-electron chi connectivity index (χ3n) is 5.36. The van der Waals surface area contributed by atoms with E-state index in [9.17, 15) is 0 Å². The van der Waals surface area contributed by atoms with Gasteiger partial charge in [-0.3, -0.25) is 0 Å². The van der Waals surface area contributed by atoms with E-state index in [1.54, 1.807) is 0 Å². The summed E-state index contributed by atoms with van der Waals surface area (Å²) in [6.45, 7) is 8.10. The summed E-state index contributed by atoms with van der Waals surface area (Å²) >= 11 is 3.71. The number of halogens is 1. The van der Waals surface area contributed by atoms with Gasteiger partial charge in [0.2, 0.25) is 11.6 Å². The highest BCUT2D eigenvalue weighted by atomic mass is 79.9. The fourth-order valence-corrected chi connectivity index (χ4v) is 4.53. The van der Waals surface area contributed by atoms with Crippen LogP contribution in [0.3, 0.4) is 0 Å². The molecule has 1 N–H and O–H groups in total. The lowest BCUT2D eigenvalue weighted by molar-refractivity contribution is 0.152. The van der Waals surface area contributed by atoms with E-state index < -0.39 is 5.72 Å². The fraction of sp³-hybridized carbons (Fsp3) is 0.227. The molecule has 0 bridgehead atoms. The van der Waals surface area contributed by atoms with Crippen LogP contribution in [0.4, 0.5) is 5.69 Å². The monoisotopic (exact) mass is 437 g/mol. The average Bonchev–Trinajstić information content (AvgIpc) is 3.19. The van der Waals surface area contributed by atoms with Crippen LogP contribution in [0.25, 0.3) is 5.69 Å². The van der Waals surface area contributed by atoms with Crippen LogP contribution >= 0.6 is 15.9 Å². The quantitative estimate of drug-likeness (QED) is 0.544. The predicted octanol–water partition coefficient (Wildman–Crippen LogP) is 5.51. The Morgan fingerprint density at radius 2 is 1.86 bits per heavy atom. The molecule has 0 aliphatic carbocycles. The van der Waals surface area contributed by atoms with E-state index in [1.807, 2.05) is 54.9 Å². The highest BCUT2D eigenvalue weighted by Gasteiger charge is 2.48. The first kappa shape index (κ1) is 17.4. The van der Waals surface area contributed by atoms with Crippen molar-refractivity contribution in [3.05, 3.63) is 75.1 Å². The molecular formula is C22H20BrN3O2. The minimum Gasteiger partial charge on any atom is -0.456 e. The Bertz CT molecular complexity index is 1150. The minimum absolute atomic E-state index is 0.675. The molecule has 0 saturated carbocycles. The van der Waals surface area contributed by atoms with Crippen molar-refractivity contribution in [1.29, 1.82) is 0 Å². The number of hydrogen-bond acceptors (Lipinski definition) is 4. The van der Waals surface area contributed by atoms with Crippen LogP contribution in [0.2, 0.25) is 0 Å². The first-order valence-electron chi connectivity index (χ1n) is 9.19. The Morgan fingerprint density at radius 3 is 2.61 bits per heavy atom. The molecule has 142 valence electrons. The van der Waals surface area contributed by atoms with Gasteiger partial charge in [-0.2, -0.15) is 5.10 Å². The number of fused-ring (bicyclic) bond motifs is 3. The van der Waals surface area contributed by atoms with Gasteiger partial charge < -0.3 is 14.8 Å². The third kappa shape index (κ3) is 2.34. The Labute approximate surface area is 172 Å². The standard InChI is InChI=1S/C22H20BrN3O2/c1-12-10-17-20(19(23)14(12)3)28-22(24-17)11-13(2)27-21-18(22)15(4)25-26(21)16-8-6-5-7-9-16/h5-11,24H,1-4H3/t22-/m1/s1. The number of rotatable bonds is 1. The number of anilines is 1. The van der Waals surface area contributed by atoms with Gasteiger partial charge in [-0.05, 0) is 73.0 Å². The van der Waals surface area contributed by atoms with Gasteiger partial charge >= 0.3 is 0 Å². The Hall–Kier alpha value is -2.73. The van der Waals surface area contributed by atoms with Crippen LogP contribution in [0.15, 0.2) is 52.7 Å². The van der Waals surface area contributed by atoms with Crippen LogP contribution in [0.1, 0.15) is 29.3 Å². The number of para-hydroxylation sites is 1. The highest BCUT2D eigenvalue weighted by Crippen LogP contribution is 2.52. The average molecular weight is 438 g/mol. The van der Waals surface area contributed by atoms with E-state index in [1.165, 1.54) is 11.1 Å². The van der Waals surface area contributed by atoms with E-state index in [0.29, 0.717) is 5.88 Å². The second-order valence-corrected chi connectivity index (χ2v) is 8.13. The zero-order chi connectivity index (χ0) is 19.6. The van der Waals surface area contributed by atoms with Crippen molar-refractivity contribution in [3.63, 3.8) is 0 Å². The zero-order valence-corrected chi connectivity index (χ0v) is 17.7. The number of nitrogens with one attached hydrogen (secondary N) is 1. The van der Waals surface area contributed by atoms with Gasteiger partial charge in [0.15, 0.2) is 5.75 Å². The van der Waals surface area contributed by atoms with Crippen molar-refractivity contribution in [2.75, 3.05) is 5.32 Å². The summed E-state index contributed by atoms with van der Waals surface area (Å²) in [5, 5.41) is 8.35. The lowest BCUT2D eigenvalue weighted by atomic mass is 10.00. The fourth-order valence-electron chi connectivity index (χ4n) is 3.92. The largest absolute Gasteiger partial charge is 0.456 e. The molecule has 0 saturated heterocycles. The van der Waals surface area contributed by atoms with Gasteiger partial charge in [-0.1, -0.05) is 18.2 Å². The van der Waals surface area contributed by atoms with Crippen LogP contribution in [0.5, 0.6) is 11.6 Å². The van der Waals surface area contributed by atoms with E-state index in [-0.39, 0.29) is 0 Å². The maximum atomic E-state index is 6.56. The molecule has 0 radical (unpaired) electrons. The normalized spacial score (nSPS) is 19.4. The maximum Gasteiger partial charge on any atom is 0.237 e. The lowest BCUT2D eigenvalue weighted by Gasteiger charge is -2.31. The first-order valence-corrected chi connectivity index (χ1v) is 9.98. The summed E-state index contributed by atoms with van der Waals surface area (Å²) in [6.07, 6.45) is 1.98. The molecule has 5 nitrogen and oxygen atoms in total. The molecule has 5 rings (SSSR count). The summed E-state index contributed by atoms with van der Waals surface area (Å²) < 4.78 is 15.5. The van der Waals surface area contributed by atoms with Crippen LogP contribution in [0, 0.1) is 20.8 Å². The number of aromatic nitrogens is 2. The second kappa shape index (κ2) is 5.88. The number of allylic oxidation sites excluding steroid dienone is 1. The molecular weight excluding hydrogens is 418 g/mol. The smallest absolute Gasteiger partial charge is 0.237 e. The van der Waals surface area contributed by atoms with Gasteiger partial charge in [0.05, 0.1) is 21.5 Å². The highest BCUT2D eigenvalue weighted by molar-refractivity contribution is 9.10. The zero-order valence-electron chi connectivity index (χ0n) is 16.1. The summed E-state index contributed by atoms with van der Waals surface area (Å²) in [5.74, 6) is 2.25. The van der Waals surface area contributed by atoms with Crippen molar-refractivity contribution in [3.8, 4) is 17.3 Å². The van der Waals surface area contributed by atoms with Crippen molar-refractivity contribution in [1.82, 2.24) is 9.78 Å². The molecule has 28 heavy (non-hydrogen) atoms. The number of ether oxygens (including phenoxy) is 2. The molecule has 2 aromatic carbocycles. The third-order valence-corrected chi connectivity index (χ3v) is 6.32. The van der Waals surface area contributed by atoms with E-state index >= 15 is 0 Å². The van der Waals surface area contributed by atoms with E-state index in [0.717, 1.165) is 38.6 Å². The molecule has 3 heterocycles. The van der Waals surface area contributed by atoms with Crippen molar-refractivity contribution in [2.45, 2.75) is 33.4 Å². The van der Waals surface area contributed by atoms with Crippen molar-refractivity contribution < 1.29 is 9.47 Å². The molecule has 1 aromatic heterocycles. The topological polar surface area (TPSA) is 48.3 Å². The number of aryl methyl sites for hydroxylation is 2. The first-order chi connectivity index (χ1) is 13.4. The van der Waals surface area contributed by atoms with Gasteiger partial charge in [-0.25, -0.2) is 4.68 Å². The summed E-state index contributed by atoms with van der Waals surface area (Å²) in [5.41, 5.74) is 5.16. The molecule has 0 unspecified atom stereocenters. The van der Waals surface area contributed by atoms with Crippen LogP contribution < -0.4 is 14.8 Å². The molecule has 6 heteroatoms.